The van der Waals surface area contributed by atoms with E-state index in [2.05, 4.69) is 5.32 Å². The Morgan fingerprint density at radius 1 is 1.33 bits per heavy atom. The van der Waals surface area contributed by atoms with Gasteiger partial charge in [-0.3, -0.25) is 0 Å². The summed E-state index contributed by atoms with van der Waals surface area (Å²) in [6.07, 6.45) is 0. The van der Waals surface area contributed by atoms with Gasteiger partial charge >= 0.3 is 5.97 Å². The Labute approximate surface area is 126 Å². The van der Waals surface area contributed by atoms with Crippen LogP contribution in [0.25, 0.3) is 0 Å². The second kappa shape index (κ2) is 6.45. The summed E-state index contributed by atoms with van der Waals surface area (Å²) >= 11 is 5.73. The number of nitrogens with one attached hydrogen (secondary N) is 1. The normalized spacial score (nSPS) is 10.2. The molecule has 0 aromatic heterocycles. The fraction of sp³-hybridized carbons (Fsp3) is 0.133. The summed E-state index contributed by atoms with van der Waals surface area (Å²) < 4.78 is 18.9. The van der Waals surface area contributed by atoms with E-state index in [4.69, 9.17) is 22.1 Å². The Kier molecular flexibility index (Phi) is 4.65. The molecule has 0 saturated carbocycles. The lowest BCUT2D eigenvalue weighted by Gasteiger charge is -2.14. The molecule has 2 aromatic rings. The summed E-state index contributed by atoms with van der Waals surface area (Å²) in [5.74, 6) is -1.15. The lowest BCUT2D eigenvalue weighted by molar-refractivity contribution is 0.0527. The molecule has 2 rings (SSSR count). The van der Waals surface area contributed by atoms with Crippen molar-refractivity contribution in [2.75, 3.05) is 17.7 Å². The monoisotopic (exact) mass is 308 g/mol. The molecule has 0 aliphatic heterocycles. The number of nitrogens with two attached hydrogens (primary N) is 1. The van der Waals surface area contributed by atoms with Crippen LogP contribution < -0.4 is 11.1 Å². The fourth-order valence-electron chi connectivity index (χ4n) is 1.82. The zero-order valence-electron chi connectivity index (χ0n) is 11.3. The maximum atomic E-state index is 13.9. The minimum atomic E-state index is -0.614. The summed E-state index contributed by atoms with van der Waals surface area (Å²) in [4.78, 5) is 11.9. The summed E-state index contributed by atoms with van der Waals surface area (Å²) in [5, 5.41) is 2.78. The van der Waals surface area contributed by atoms with E-state index < -0.39 is 11.8 Å². The van der Waals surface area contributed by atoms with Gasteiger partial charge in [0.1, 0.15) is 0 Å². The van der Waals surface area contributed by atoms with E-state index in [-0.39, 0.29) is 28.6 Å². The van der Waals surface area contributed by atoms with Crippen LogP contribution in [0, 0.1) is 5.82 Å². The topological polar surface area (TPSA) is 64.3 Å². The third-order valence-corrected chi connectivity index (χ3v) is 3.10. The van der Waals surface area contributed by atoms with Crippen LogP contribution in [0.15, 0.2) is 36.4 Å². The molecule has 6 heteroatoms. The predicted molar refractivity (Wildman–Crippen MR) is 81.5 cm³/mol. The molecule has 3 N–H and O–H groups in total. The van der Waals surface area contributed by atoms with Crippen molar-refractivity contribution in [3.8, 4) is 0 Å². The number of anilines is 3. The molecule has 4 nitrogen and oxygen atoms in total. The molecule has 0 spiro atoms. The van der Waals surface area contributed by atoms with Crippen LogP contribution in [-0.4, -0.2) is 12.6 Å². The van der Waals surface area contributed by atoms with Crippen molar-refractivity contribution < 1.29 is 13.9 Å². The number of hydrogen-bond acceptors (Lipinski definition) is 4. The van der Waals surface area contributed by atoms with Crippen LogP contribution in [0.1, 0.15) is 17.3 Å². The molecule has 0 atom stereocenters. The van der Waals surface area contributed by atoms with E-state index in [1.165, 1.54) is 12.1 Å². The zero-order valence-corrected chi connectivity index (χ0v) is 12.1. The van der Waals surface area contributed by atoms with Gasteiger partial charge in [0.2, 0.25) is 0 Å². The number of hydrogen-bond donors (Lipinski definition) is 2. The van der Waals surface area contributed by atoms with Gasteiger partial charge in [0.15, 0.2) is 5.82 Å². The third kappa shape index (κ3) is 3.25. The maximum Gasteiger partial charge on any atom is 0.340 e. The highest BCUT2D eigenvalue weighted by molar-refractivity contribution is 6.31. The number of carbonyl (C=O) groups excluding carboxylic acids is 1. The highest BCUT2D eigenvalue weighted by atomic mass is 35.5. The van der Waals surface area contributed by atoms with E-state index >= 15 is 0 Å². The molecule has 21 heavy (non-hydrogen) atoms. The molecule has 110 valence electrons. The van der Waals surface area contributed by atoms with Gasteiger partial charge in [-0.15, -0.1) is 0 Å². The number of rotatable bonds is 4. The van der Waals surface area contributed by atoms with E-state index in [1.807, 2.05) is 0 Å². The lowest BCUT2D eigenvalue weighted by Crippen LogP contribution is -2.10. The summed E-state index contributed by atoms with van der Waals surface area (Å²) in [6.45, 7) is 1.94. The first kappa shape index (κ1) is 15.1. The summed E-state index contributed by atoms with van der Waals surface area (Å²) in [7, 11) is 0. The van der Waals surface area contributed by atoms with E-state index in [9.17, 15) is 9.18 Å². The van der Waals surface area contributed by atoms with E-state index in [1.54, 1.807) is 31.2 Å². The first-order chi connectivity index (χ1) is 10.0. The number of nitrogen functional groups attached to an aromatic ring is 1. The van der Waals surface area contributed by atoms with Gasteiger partial charge in [-0.1, -0.05) is 23.7 Å². The van der Waals surface area contributed by atoms with Gasteiger partial charge < -0.3 is 15.8 Å². The average molecular weight is 309 g/mol. The summed E-state index contributed by atoms with van der Waals surface area (Å²) in [6, 6.07) is 9.32. The van der Waals surface area contributed by atoms with Crippen molar-refractivity contribution >= 4 is 34.6 Å². The van der Waals surface area contributed by atoms with Gasteiger partial charge in [-0.2, -0.15) is 0 Å². The standard InChI is InChI=1S/C15H14ClFN2O2/c1-2-21-15(20)9-5-3-7-11(18)14(9)19-12-8-4-6-10(16)13(12)17/h3-8,19H,2,18H2,1H3. The first-order valence-electron chi connectivity index (χ1n) is 6.31. The van der Waals surface area contributed by atoms with Crippen LogP contribution in [0.2, 0.25) is 5.02 Å². The van der Waals surface area contributed by atoms with Crippen molar-refractivity contribution in [1.29, 1.82) is 0 Å². The third-order valence-electron chi connectivity index (χ3n) is 2.80. The first-order valence-corrected chi connectivity index (χ1v) is 6.69. The van der Waals surface area contributed by atoms with Gasteiger partial charge in [0.25, 0.3) is 0 Å². The molecule has 0 heterocycles. The Morgan fingerprint density at radius 2 is 2.05 bits per heavy atom. The van der Waals surface area contributed by atoms with Gasteiger partial charge in [0.05, 0.1) is 34.3 Å². The van der Waals surface area contributed by atoms with Gasteiger partial charge in [-0.05, 0) is 31.2 Å². The SMILES string of the molecule is CCOC(=O)c1cccc(N)c1Nc1cccc(Cl)c1F. The van der Waals surface area contributed by atoms with Crippen molar-refractivity contribution in [2.24, 2.45) is 0 Å². The number of carbonyl (C=O) groups is 1. The second-order valence-electron chi connectivity index (χ2n) is 4.22. The number of para-hydroxylation sites is 1. The lowest BCUT2D eigenvalue weighted by atomic mass is 10.1. The molecule has 0 saturated heterocycles. The van der Waals surface area contributed by atoms with Gasteiger partial charge in [0, 0.05) is 0 Å². The van der Waals surface area contributed by atoms with Crippen LogP contribution in [0.3, 0.4) is 0 Å². The number of benzene rings is 2. The Morgan fingerprint density at radius 3 is 2.76 bits per heavy atom. The zero-order chi connectivity index (χ0) is 15.4. The molecule has 0 aliphatic carbocycles. The van der Waals surface area contributed by atoms with Crippen molar-refractivity contribution in [3.63, 3.8) is 0 Å². The van der Waals surface area contributed by atoms with E-state index in [0.29, 0.717) is 5.69 Å². The Balaban J connectivity index is 2.44. The molecule has 0 radical (unpaired) electrons. The quantitative estimate of drug-likeness (QED) is 0.662. The number of esters is 1. The predicted octanol–water partition coefficient (Wildman–Crippen LogP) is 3.98. The van der Waals surface area contributed by atoms with Crippen LogP contribution in [-0.2, 0) is 4.74 Å². The molecule has 0 aliphatic rings. The van der Waals surface area contributed by atoms with Crippen LogP contribution >= 0.6 is 11.6 Å². The Bertz CT molecular complexity index is 677. The average Bonchev–Trinajstić information content (AvgIpc) is 2.46. The fourth-order valence-corrected chi connectivity index (χ4v) is 2.00. The molecular formula is C15H14ClFN2O2. The molecule has 0 bridgehead atoms. The largest absolute Gasteiger partial charge is 0.462 e. The molecule has 0 amide bonds. The highest BCUT2D eigenvalue weighted by Crippen LogP contribution is 2.31. The van der Waals surface area contributed by atoms with E-state index in [0.717, 1.165) is 0 Å². The highest BCUT2D eigenvalue weighted by Gasteiger charge is 2.16. The molecule has 0 unspecified atom stereocenters. The number of halogens is 2. The van der Waals surface area contributed by atoms with Crippen molar-refractivity contribution in [1.82, 2.24) is 0 Å². The molecule has 0 fully saturated rings. The van der Waals surface area contributed by atoms with Crippen molar-refractivity contribution in [3.05, 3.63) is 52.8 Å². The van der Waals surface area contributed by atoms with Crippen LogP contribution in [0.4, 0.5) is 21.5 Å². The van der Waals surface area contributed by atoms with Crippen LogP contribution in [0.5, 0.6) is 0 Å². The minimum Gasteiger partial charge on any atom is -0.462 e. The van der Waals surface area contributed by atoms with Gasteiger partial charge in [-0.25, -0.2) is 9.18 Å². The molecule has 2 aromatic carbocycles. The number of ether oxygens (including phenoxy) is 1. The maximum absolute atomic E-state index is 13.9. The Hall–Kier alpha value is -2.27. The molecular weight excluding hydrogens is 295 g/mol. The van der Waals surface area contributed by atoms with Crippen molar-refractivity contribution in [2.45, 2.75) is 6.92 Å². The smallest absolute Gasteiger partial charge is 0.340 e. The second-order valence-corrected chi connectivity index (χ2v) is 4.62. The summed E-state index contributed by atoms with van der Waals surface area (Å²) in [5.41, 5.74) is 6.82. The minimum absolute atomic E-state index is 0.0211.